The minimum absolute atomic E-state index is 0.0767. The Balaban J connectivity index is 1.46. The normalized spacial score (nSPS) is 13.8. The van der Waals surface area contributed by atoms with Crippen molar-refractivity contribution < 1.29 is 9.50 Å². The third-order valence-corrected chi connectivity index (χ3v) is 6.99. The van der Waals surface area contributed by atoms with Crippen LogP contribution in [0.1, 0.15) is 0 Å². The number of phenolic OH excluding ortho intramolecular Hbond substituents is 1. The number of rotatable bonds is 4. The molecular formula is C27H22ClFN6O2. The Hall–Kier alpha value is -4.26. The van der Waals surface area contributed by atoms with Gasteiger partial charge in [-0.25, -0.2) is 13.8 Å². The van der Waals surface area contributed by atoms with Crippen LogP contribution in [0, 0.1) is 18.2 Å². The van der Waals surface area contributed by atoms with E-state index in [1.165, 1.54) is 21.3 Å². The van der Waals surface area contributed by atoms with Gasteiger partial charge in [-0.1, -0.05) is 17.7 Å². The van der Waals surface area contributed by atoms with Crippen LogP contribution in [-0.4, -0.2) is 50.6 Å². The van der Waals surface area contributed by atoms with Gasteiger partial charge in [-0.05, 0) is 47.5 Å². The Labute approximate surface area is 216 Å². The van der Waals surface area contributed by atoms with Crippen LogP contribution in [0.15, 0.2) is 53.5 Å². The van der Waals surface area contributed by atoms with E-state index in [2.05, 4.69) is 32.8 Å². The fraction of sp³-hybridized carbons (Fsp3) is 0.185. The van der Waals surface area contributed by atoms with Gasteiger partial charge in [0, 0.05) is 67.8 Å². The van der Waals surface area contributed by atoms with Gasteiger partial charge in [-0.2, -0.15) is 5.10 Å². The lowest BCUT2D eigenvalue weighted by molar-refractivity contribution is 0.477. The van der Waals surface area contributed by atoms with Crippen LogP contribution in [-0.2, 0) is 7.05 Å². The highest BCUT2D eigenvalue weighted by Gasteiger charge is 2.20. The first-order chi connectivity index (χ1) is 17.9. The number of benzene rings is 3. The predicted molar refractivity (Wildman–Crippen MR) is 141 cm³/mol. The number of anilines is 1. The predicted octanol–water partition coefficient (Wildman–Crippen LogP) is 3.89. The largest absolute Gasteiger partial charge is 0.507 e. The van der Waals surface area contributed by atoms with Crippen molar-refractivity contribution in [2.45, 2.75) is 0 Å². The fourth-order valence-corrected chi connectivity index (χ4v) is 5.05. The quantitative estimate of drug-likeness (QED) is 0.337. The molecule has 3 heterocycles. The van der Waals surface area contributed by atoms with E-state index in [9.17, 15) is 14.3 Å². The van der Waals surface area contributed by atoms with Gasteiger partial charge in [-0.3, -0.25) is 9.67 Å². The van der Waals surface area contributed by atoms with Crippen molar-refractivity contribution in [1.29, 1.82) is 0 Å². The molecule has 0 atom stereocenters. The van der Waals surface area contributed by atoms with Crippen LogP contribution in [0.3, 0.4) is 0 Å². The van der Waals surface area contributed by atoms with E-state index >= 15 is 0 Å². The topological polar surface area (TPSA) is 91.1 Å². The van der Waals surface area contributed by atoms with Gasteiger partial charge in [0.2, 0.25) is 0 Å². The van der Waals surface area contributed by atoms with E-state index in [1.54, 1.807) is 31.4 Å². The summed E-state index contributed by atoms with van der Waals surface area (Å²) in [5.41, 5.74) is 3.63. The van der Waals surface area contributed by atoms with Crippen LogP contribution < -0.4 is 15.9 Å². The third-order valence-electron chi connectivity index (χ3n) is 6.69. The number of aromatic amines is 1. The van der Waals surface area contributed by atoms with Crippen molar-refractivity contribution in [2.75, 3.05) is 31.1 Å². The molecule has 8 nitrogen and oxygen atoms in total. The van der Waals surface area contributed by atoms with E-state index in [4.69, 9.17) is 11.6 Å². The maximum Gasteiger partial charge on any atom is 0.347 e. The van der Waals surface area contributed by atoms with E-state index in [-0.39, 0.29) is 22.0 Å². The molecule has 3 aromatic carbocycles. The number of hydrogen-bond acceptors (Lipinski definition) is 5. The molecule has 37 heavy (non-hydrogen) atoms. The molecule has 1 fully saturated rings. The summed E-state index contributed by atoms with van der Waals surface area (Å²) in [6.07, 6.45) is 7.17. The molecule has 6 rings (SSSR count). The molecule has 2 aromatic heterocycles. The Morgan fingerprint density at radius 3 is 2.49 bits per heavy atom. The molecule has 0 bridgehead atoms. The highest BCUT2D eigenvalue weighted by atomic mass is 35.5. The second-order valence-corrected chi connectivity index (χ2v) is 9.39. The van der Waals surface area contributed by atoms with Gasteiger partial charge >= 0.3 is 5.69 Å². The lowest BCUT2D eigenvalue weighted by Gasteiger charge is -2.30. The van der Waals surface area contributed by atoms with Crippen molar-refractivity contribution in [3.8, 4) is 33.7 Å². The first-order valence-corrected chi connectivity index (χ1v) is 12.1. The number of phenols is 1. The van der Waals surface area contributed by atoms with Crippen LogP contribution >= 0.6 is 11.6 Å². The Kier molecular flexibility index (Phi) is 5.63. The third kappa shape index (κ3) is 4.00. The molecule has 0 radical (unpaired) electrons. The maximum absolute atomic E-state index is 14.9. The van der Waals surface area contributed by atoms with Gasteiger partial charge in [0.05, 0.1) is 22.4 Å². The van der Waals surface area contributed by atoms with Crippen LogP contribution in [0.25, 0.3) is 38.8 Å². The van der Waals surface area contributed by atoms with Crippen molar-refractivity contribution in [1.82, 2.24) is 24.6 Å². The number of aromatic hydroxyl groups is 1. The number of hydrogen-bond donors (Lipinski definition) is 3. The number of fused-ring (bicyclic) bond motifs is 1. The zero-order chi connectivity index (χ0) is 25.7. The van der Waals surface area contributed by atoms with Crippen LogP contribution in [0.2, 0.25) is 5.02 Å². The molecule has 1 aliphatic rings. The number of H-pyrrole nitrogens is 1. The van der Waals surface area contributed by atoms with Gasteiger partial charge in [0.1, 0.15) is 11.6 Å². The number of nitrogens with one attached hydrogen (secondary N) is 2. The molecule has 186 valence electrons. The molecule has 0 aliphatic carbocycles. The van der Waals surface area contributed by atoms with Gasteiger partial charge in [0.15, 0.2) is 0 Å². The SMILES string of the molecule is Cn1c#cn(-c2ccc(-c3cc(F)cc(-c4cc(N5CCNCC5)c5cn[nH]c5c4)c3O)cc2Cl)c1=O. The van der Waals surface area contributed by atoms with Crippen molar-refractivity contribution in [2.24, 2.45) is 7.05 Å². The summed E-state index contributed by atoms with van der Waals surface area (Å²) in [5.74, 6) is -0.578. The van der Waals surface area contributed by atoms with E-state index in [1.807, 2.05) is 12.1 Å². The molecule has 3 N–H and O–H groups in total. The van der Waals surface area contributed by atoms with Gasteiger partial charge in [0.25, 0.3) is 0 Å². The van der Waals surface area contributed by atoms with Crippen molar-refractivity contribution in [3.05, 3.63) is 82.4 Å². The summed E-state index contributed by atoms with van der Waals surface area (Å²) < 4.78 is 17.5. The molecule has 5 aromatic rings. The summed E-state index contributed by atoms with van der Waals surface area (Å²) in [6.45, 7) is 3.38. The Morgan fingerprint density at radius 1 is 1.03 bits per heavy atom. The summed E-state index contributed by atoms with van der Waals surface area (Å²) in [6, 6.07) is 11.3. The summed E-state index contributed by atoms with van der Waals surface area (Å²) >= 11 is 6.50. The Bertz CT molecular complexity index is 1700. The summed E-state index contributed by atoms with van der Waals surface area (Å²) in [7, 11) is 1.57. The highest BCUT2D eigenvalue weighted by Crippen LogP contribution is 2.42. The maximum atomic E-state index is 14.9. The molecule has 0 spiro atoms. The second kappa shape index (κ2) is 9.00. The first kappa shape index (κ1) is 23.2. The number of aromatic nitrogens is 4. The number of nitrogens with zero attached hydrogens (tertiary/aromatic N) is 4. The molecule has 0 saturated carbocycles. The molecular weight excluding hydrogens is 495 g/mol. The van der Waals surface area contributed by atoms with E-state index < -0.39 is 5.82 Å². The Morgan fingerprint density at radius 2 is 1.78 bits per heavy atom. The number of halogens is 2. The van der Waals surface area contributed by atoms with Crippen molar-refractivity contribution >= 4 is 28.2 Å². The van der Waals surface area contributed by atoms with E-state index in [0.717, 1.165) is 42.8 Å². The second-order valence-electron chi connectivity index (χ2n) is 8.98. The molecule has 10 heteroatoms. The first-order valence-electron chi connectivity index (χ1n) is 11.8. The van der Waals surface area contributed by atoms with Gasteiger partial charge in [-0.15, -0.1) is 0 Å². The monoisotopic (exact) mass is 516 g/mol. The standard InChI is InChI=1S/C27H22ClFN6O2/c1-33-8-9-35(27(33)37)24-3-2-16(10-22(24)28)19-13-18(29)14-20(26(19)36)17-11-23-21(15-31-32-23)25(12-17)34-6-4-30-5-7-34/h2-3,10-15,30,36H,4-7H2,1H3,(H,31,32). The average molecular weight is 517 g/mol. The fourth-order valence-electron chi connectivity index (χ4n) is 4.78. The van der Waals surface area contributed by atoms with Crippen LogP contribution in [0.4, 0.5) is 10.1 Å². The molecule has 0 amide bonds. The van der Waals surface area contributed by atoms with E-state index in [0.29, 0.717) is 22.4 Å². The van der Waals surface area contributed by atoms with Crippen molar-refractivity contribution in [3.63, 3.8) is 0 Å². The highest BCUT2D eigenvalue weighted by molar-refractivity contribution is 6.32. The summed E-state index contributed by atoms with van der Waals surface area (Å²) in [5, 5.41) is 23.1. The minimum Gasteiger partial charge on any atom is -0.507 e. The number of piperazine rings is 1. The smallest absolute Gasteiger partial charge is 0.347 e. The lowest BCUT2D eigenvalue weighted by atomic mass is 9.95. The van der Waals surface area contributed by atoms with Gasteiger partial charge < -0.3 is 15.3 Å². The minimum atomic E-state index is -0.501. The molecule has 0 unspecified atom stereocenters. The molecule has 1 aliphatic heterocycles. The van der Waals surface area contributed by atoms with Crippen LogP contribution in [0.5, 0.6) is 5.75 Å². The zero-order valence-electron chi connectivity index (χ0n) is 19.8. The summed E-state index contributed by atoms with van der Waals surface area (Å²) in [4.78, 5) is 14.6. The zero-order valence-corrected chi connectivity index (χ0v) is 20.6. The average Bonchev–Trinajstić information content (AvgIpc) is 3.51. The molecule has 1 saturated heterocycles. The lowest BCUT2D eigenvalue weighted by Crippen LogP contribution is -2.43.